The van der Waals surface area contributed by atoms with Gasteiger partial charge in [0, 0.05) is 11.8 Å². The Morgan fingerprint density at radius 1 is 1.25 bits per heavy atom. The lowest BCUT2D eigenvalue weighted by Gasteiger charge is -2.20. The van der Waals surface area contributed by atoms with E-state index in [2.05, 4.69) is 10.6 Å². The molecule has 1 aliphatic rings. The minimum atomic E-state index is -0.163. The molecule has 0 saturated heterocycles. The van der Waals surface area contributed by atoms with Crippen LogP contribution in [-0.4, -0.2) is 12.5 Å². The second-order valence-corrected chi connectivity index (χ2v) is 4.76. The molecule has 20 heavy (non-hydrogen) atoms. The van der Waals surface area contributed by atoms with Crippen LogP contribution in [0.2, 0.25) is 0 Å². The third-order valence-electron chi connectivity index (χ3n) is 3.12. The number of anilines is 4. The van der Waals surface area contributed by atoms with E-state index in [9.17, 15) is 4.79 Å². The van der Waals surface area contributed by atoms with Gasteiger partial charge in [0.15, 0.2) is 6.61 Å². The molecular formula is C15H15N3O2. The van der Waals surface area contributed by atoms with Crippen molar-refractivity contribution >= 4 is 28.7 Å². The topological polar surface area (TPSA) is 76.4 Å². The van der Waals surface area contributed by atoms with E-state index in [1.807, 2.05) is 31.2 Å². The number of rotatable bonds is 2. The van der Waals surface area contributed by atoms with E-state index < -0.39 is 0 Å². The molecule has 102 valence electrons. The number of hydrogen-bond donors (Lipinski definition) is 3. The lowest BCUT2D eigenvalue weighted by atomic mass is 10.2. The van der Waals surface area contributed by atoms with Gasteiger partial charge in [-0.2, -0.15) is 0 Å². The second-order valence-electron chi connectivity index (χ2n) is 4.76. The number of nitrogens with one attached hydrogen (secondary N) is 2. The smallest absolute Gasteiger partial charge is 0.262 e. The van der Waals surface area contributed by atoms with E-state index in [0.29, 0.717) is 17.1 Å². The van der Waals surface area contributed by atoms with Crippen molar-refractivity contribution in [3.8, 4) is 5.75 Å². The van der Waals surface area contributed by atoms with Crippen molar-refractivity contribution < 1.29 is 9.53 Å². The summed E-state index contributed by atoms with van der Waals surface area (Å²) in [5.74, 6) is 0.431. The second kappa shape index (κ2) is 4.77. The number of carbonyl (C=O) groups excluding carboxylic acids is 1. The highest BCUT2D eigenvalue weighted by Crippen LogP contribution is 2.36. The minimum Gasteiger partial charge on any atom is -0.482 e. The third kappa shape index (κ3) is 2.38. The van der Waals surface area contributed by atoms with Crippen LogP contribution in [-0.2, 0) is 4.79 Å². The number of carbonyl (C=O) groups is 1. The normalized spacial score (nSPS) is 13.2. The van der Waals surface area contributed by atoms with Gasteiger partial charge in [-0.05, 0) is 25.1 Å². The van der Waals surface area contributed by atoms with Crippen LogP contribution in [0.4, 0.5) is 22.7 Å². The van der Waals surface area contributed by atoms with Gasteiger partial charge in [0.05, 0.1) is 17.1 Å². The highest BCUT2D eigenvalue weighted by Gasteiger charge is 2.17. The van der Waals surface area contributed by atoms with Gasteiger partial charge >= 0.3 is 0 Å². The number of nitrogen functional groups attached to an aromatic ring is 1. The maximum atomic E-state index is 11.3. The lowest BCUT2D eigenvalue weighted by Crippen LogP contribution is -2.25. The van der Waals surface area contributed by atoms with Gasteiger partial charge < -0.3 is 21.1 Å². The fourth-order valence-corrected chi connectivity index (χ4v) is 2.04. The largest absolute Gasteiger partial charge is 0.482 e. The molecule has 5 heteroatoms. The molecule has 0 unspecified atom stereocenters. The van der Waals surface area contributed by atoms with Gasteiger partial charge in [0.1, 0.15) is 5.75 Å². The first-order valence-corrected chi connectivity index (χ1v) is 6.32. The standard InChI is InChI=1S/C15H15N3O2/c1-9-2-4-10(5-3-9)17-12-7-13-14(6-11(12)16)20-8-15(19)18-13/h2-7,17H,8,16H2,1H3,(H,18,19). The van der Waals surface area contributed by atoms with E-state index in [1.54, 1.807) is 12.1 Å². The molecular weight excluding hydrogens is 254 g/mol. The molecule has 0 aliphatic carbocycles. The van der Waals surface area contributed by atoms with Crippen molar-refractivity contribution in [3.05, 3.63) is 42.0 Å². The molecule has 1 heterocycles. The molecule has 0 saturated carbocycles. The Morgan fingerprint density at radius 3 is 2.75 bits per heavy atom. The molecule has 1 amide bonds. The minimum absolute atomic E-state index is 0.0250. The fraction of sp³-hybridized carbons (Fsp3) is 0.133. The SMILES string of the molecule is Cc1ccc(Nc2cc3c(cc2N)OCC(=O)N3)cc1. The Morgan fingerprint density at radius 2 is 2.00 bits per heavy atom. The number of benzene rings is 2. The van der Waals surface area contributed by atoms with Crippen LogP contribution in [0.3, 0.4) is 0 Å². The Bertz CT molecular complexity index is 666. The first kappa shape index (κ1) is 12.3. The first-order valence-electron chi connectivity index (χ1n) is 6.32. The Kier molecular flexibility index (Phi) is 2.95. The first-order chi connectivity index (χ1) is 9.61. The molecule has 5 nitrogen and oxygen atoms in total. The van der Waals surface area contributed by atoms with Crippen LogP contribution in [0.25, 0.3) is 0 Å². The van der Waals surface area contributed by atoms with E-state index >= 15 is 0 Å². The number of amides is 1. The number of hydrogen-bond acceptors (Lipinski definition) is 4. The molecule has 2 aromatic rings. The van der Waals surface area contributed by atoms with Crippen LogP contribution in [0.15, 0.2) is 36.4 Å². The van der Waals surface area contributed by atoms with E-state index in [1.165, 1.54) is 5.56 Å². The molecule has 0 spiro atoms. The lowest BCUT2D eigenvalue weighted by molar-refractivity contribution is -0.118. The molecule has 4 N–H and O–H groups in total. The molecule has 1 aliphatic heterocycles. The van der Waals surface area contributed by atoms with Gasteiger partial charge in [0.2, 0.25) is 0 Å². The molecule has 0 bridgehead atoms. The van der Waals surface area contributed by atoms with Crippen molar-refractivity contribution in [1.29, 1.82) is 0 Å². The average Bonchev–Trinajstić information content (AvgIpc) is 2.42. The van der Waals surface area contributed by atoms with Gasteiger partial charge in [-0.1, -0.05) is 17.7 Å². The summed E-state index contributed by atoms with van der Waals surface area (Å²) in [4.78, 5) is 11.3. The van der Waals surface area contributed by atoms with E-state index in [-0.39, 0.29) is 12.5 Å². The maximum Gasteiger partial charge on any atom is 0.262 e. The van der Waals surface area contributed by atoms with Crippen molar-refractivity contribution in [2.75, 3.05) is 23.0 Å². The Balaban J connectivity index is 1.91. The molecule has 0 aromatic heterocycles. The molecule has 0 fully saturated rings. The van der Waals surface area contributed by atoms with Crippen molar-refractivity contribution in [2.45, 2.75) is 6.92 Å². The van der Waals surface area contributed by atoms with E-state index in [0.717, 1.165) is 11.4 Å². The summed E-state index contributed by atoms with van der Waals surface area (Å²) in [6, 6.07) is 11.5. The summed E-state index contributed by atoms with van der Waals surface area (Å²) in [6.07, 6.45) is 0. The number of ether oxygens (including phenoxy) is 1. The summed E-state index contributed by atoms with van der Waals surface area (Å²) in [7, 11) is 0. The number of fused-ring (bicyclic) bond motifs is 1. The van der Waals surface area contributed by atoms with Crippen LogP contribution in [0.1, 0.15) is 5.56 Å². The zero-order chi connectivity index (χ0) is 14.1. The highest BCUT2D eigenvalue weighted by atomic mass is 16.5. The van der Waals surface area contributed by atoms with Crippen LogP contribution < -0.4 is 21.1 Å². The van der Waals surface area contributed by atoms with Crippen LogP contribution in [0, 0.1) is 6.92 Å². The van der Waals surface area contributed by atoms with Gasteiger partial charge in [-0.15, -0.1) is 0 Å². The average molecular weight is 269 g/mol. The van der Waals surface area contributed by atoms with Crippen molar-refractivity contribution in [1.82, 2.24) is 0 Å². The molecule has 3 rings (SSSR count). The quantitative estimate of drug-likeness (QED) is 0.732. The number of aryl methyl sites for hydroxylation is 1. The summed E-state index contributed by atoms with van der Waals surface area (Å²) in [6.45, 7) is 2.06. The Hall–Kier alpha value is -2.69. The summed E-state index contributed by atoms with van der Waals surface area (Å²) >= 11 is 0. The zero-order valence-electron chi connectivity index (χ0n) is 11.1. The van der Waals surface area contributed by atoms with Gasteiger partial charge in [-0.25, -0.2) is 0 Å². The molecule has 0 radical (unpaired) electrons. The van der Waals surface area contributed by atoms with Gasteiger partial charge in [0.25, 0.3) is 5.91 Å². The summed E-state index contributed by atoms with van der Waals surface area (Å²) in [5, 5.41) is 6.00. The molecule has 0 atom stereocenters. The monoisotopic (exact) mass is 269 g/mol. The summed E-state index contributed by atoms with van der Waals surface area (Å²) < 4.78 is 5.32. The van der Waals surface area contributed by atoms with Crippen LogP contribution >= 0.6 is 0 Å². The van der Waals surface area contributed by atoms with E-state index in [4.69, 9.17) is 10.5 Å². The predicted molar refractivity (Wildman–Crippen MR) is 79.4 cm³/mol. The maximum absolute atomic E-state index is 11.3. The summed E-state index contributed by atoms with van der Waals surface area (Å²) in [5.41, 5.74) is 10.1. The van der Waals surface area contributed by atoms with Crippen molar-refractivity contribution in [2.24, 2.45) is 0 Å². The van der Waals surface area contributed by atoms with Crippen molar-refractivity contribution in [3.63, 3.8) is 0 Å². The Labute approximate surface area is 116 Å². The van der Waals surface area contributed by atoms with Crippen LogP contribution in [0.5, 0.6) is 5.75 Å². The highest BCUT2D eigenvalue weighted by molar-refractivity contribution is 5.97. The molecule has 2 aromatic carbocycles. The predicted octanol–water partition coefficient (Wildman–Crippen LogP) is 2.65. The third-order valence-corrected chi connectivity index (χ3v) is 3.12. The van der Waals surface area contributed by atoms with Gasteiger partial charge in [-0.3, -0.25) is 4.79 Å². The number of nitrogens with two attached hydrogens (primary N) is 1. The zero-order valence-corrected chi connectivity index (χ0v) is 11.1. The fourth-order valence-electron chi connectivity index (χ4n) is 2.04.